The van der Waals surface area contributed by atoms with Crippen molar-refractivity contribution in [3.8, 4) is 11.5 Å². The smallest absolute Gasteiger partial charge is 0.345 e. The van der Waals surface area contributed by atoms with E-state index in [9.17, 15) is 14.4 Å². The molecule has 0 bridgehead atoms. The monoisotopic (exact) mass is 609 g/mol. The number of rotatable bonds is 9. The molecule has 0 spiro atoms. The van der Waals surface area contributed by atoms with Gasteiger partial charge in [0.2, 0.25) is 0 Å². The summed E-state index contributed by atoms with van der Waals surface area (Å²) < 4.78 is 11.1. The highest BCUT2D eigenvalue weighted by molar-refractivity contribution is 6.36. The van der Waals surface area contributed by atoms with E-state index >= 15 is 0 Å². The topological polar surface area (TPSA) is 106 Å². The first kappa shape index (κ1) is 29.6. The average Bonchev–Trinajstić information content (AvgIpc) is 2.95. The van der Waals surface area contributed by atoms with Crippen molar-refractivity contribution in [3.63, 3.8) is 0 Å². The van der Waals surface area contributed by atoms with E-state index in [1.165, 1.54) is 30.5 Å². The van der Waals surface area contributed by atoms with E-state index in [0.717, 1.165) is 0 Å². The molecule has 0 radical (unpaired) electrons. The Hall–Kier alpha value is -4.37. The largest absolute Gasteiger partial charge is 0.490 e. The fraction of sp³-hybridized carbons (Fsp3) is 0.0667. The standard InChI is InChI=1S/C30H22Cl3N3O5/c1-2-40-27-15-18(7-14-26(27)41-30(39)22-13-12-21(32)16-24(22)33)17-34-36-29(38)23-5-3-4-6-25(23)35-28(37)19-8-10-20(31)11-9-19/h3-17H,2H2,1H3,(H,35,37)(H,36,38)/b34-17-. The summed E-state index contributed by atoms with van der Waals surface area (Å²) in [4.78, 5) is 38.1. The third-order valence-corrected chi connectivity index (χ3v) is 6.33. The summed E-state index contributed by atoms with van der Waals surface area (Å²) in [5.74, 6) is -1.15. The summed E-state index contributed by atoms with van der Waals surface area (Å²) in [6, 6.07) is 22.1. The predicted octanol–water partition coefficient (Wildman–Crippen LogP) is 7.28. The van der Waals surface area contributed by atoms with Crippen LogP contribution in [0, 0.1) is 0 Å². The molecule has 0 atom stereocenters. The molecule has 4 rings (SSSR count). The lowest BCUT2D eigenvalue weighted by atomic mass is 10.1. The van der Waals surface area contributed by atoms with Gasteiger partial charge in [0.1, 0.15) is 0 Å². The highest BCUT2D eigenvalue weighted by Gasteiger charge is 2.17. The maximum atomic E-state index is 12.9. The van der Waals surface area contributed by atoms with Crippen molar-refractivity contribution in [1.82, 2.24) is 5.43 Å². The van der Waals surface area contributed by atoms with Crippen molar-refractivity contribution in [2.45, 2.75) is 6.92 Å². The molecule has 0 heterocycles. The Bertz CT molecular complexity index is 1620. The van der Waals surface area contributed by atoms with Gasteiger partial charge in [-0.2, -0.15) is 5.10 Å². The minimum absolute atomic E-state index is 0.150. The molecule has 0 aromatic heterocycles. The molecule has 0 saturated carbocycles. The molecule has 4 aromatic carbocycles. The molecule has 208 valence electrons. The number of esters is 1. The lowest BCUT2D eigenvalue weighted by Gasteiger charge is -2.12. The Morgan fingerprint density at radius 3 is 2.27 bits per heavy atom. The molecular weight excluding hydrogens is 589 g/mol. The zero-order chi connectivity index (χ0) is 29.4. The number of para-hydroxylation sites is 1. The zero-order valence-corrected chi connectivity index (χ0v) is 23.8. The predicted molar refractivity (Wildman–Crippen MR) is 160 cm³/mol. The van der Waals surface area contributed by atoms with Crippen molar-refractivity contribution in [2.75, 3.05) is 11.9 Å². The molecule has 4 aromatic rings. The quantitative estimate of drug-likeness (QED) is 0.0897. The summed E-state index contributed by atoms with van der Waals surface area (Å²) in [6.45, 7) is 2.09. The molecular formula is C30H22Cl3N3O5. The molecule has 0 aliphatic heterocycles. The van der Waals surface area contributed by atoms with E-state index < -0.39 is 17.8 Å². The average molecular weight is 611 g/mol. The van der Waals surface area contributed by atoms with E-state index in [0.29, 0.717) is 33.5 Å². The Kier molecular flexibility index (Phi) is 9.97. The van der Waals surface area contributed by atoms with Gasteiger partial charge in [-0.3, -0.25) is 9.59 Å². The van der Waals surface area contributed by atoms with Crippen LogP contribution in [0.4, 0.5) is 5.69 Å². The van der Waals surface area contributed by atoms with E-state index in [1.54, 1.807) is 67.6 Å². The summed E-state index contributed by atoms with van der Waals surface area (Å²) >= 11 is 17.9. The van der Waals surface area contributed by atoms with Gasteiger partial charge >= 0.3 is 5.97 Å². The second-order valence-electron chi connectivity index (χ2n) is 8.36. The van der Waals surface area contributed by atoms with E-state index in [4.69, 9.17) is 44.3 Å². The number of nitrogens with one attached hydrogen (secondary N) is 2. The van der Waals surface area contributed by atoms with Crippen molar-refractivity contribution in [3.05, 3.63) is 122 Å². The molecule has 0 aliphatic carbocycles. The lowest BCUT2D eigenvalue weighted by molar-refractivity contribution is 0.0728. The van der Waals surface area contributed by atoms with Crippen LogP contribution in [0.5, 0.6) is 11.5 Å². The van der Waals surface area contributed by atoms with Gasteiger partial charge in [-0.1, -0.05) is 46.9 Å². The van der Waals surface area contributed by atoms with Gasteiger partial charge in [0.25, 0.3) is 11.8 Å². The van der Waals surface area contributed by atoms with Crippen molar-refractivity contribution < 1.29 is 23.9 Å². The maximum absolute atomic E-state index is 12.9. The number of halogens is 3. The normalized spacial score (nSPS) is 10.7. The summed E-state index contributed by atoms with van der Waals surface area (Å²) in [7, 11) is 0. The number of nitrogens with zero attached hydrogens (tertiary/aromatic N) is 1. The maximum Gasteiger partial charge on any atom is 0.345 e. The number of ether oxygens (including phenoxy) is 2. The first-order valence-corrected chi connectivity index (χ1v) is 13.3. The van der Waals surface area contributed by atoms with Crippen LogP contribution in [-0.4, -0.2) is 30.6 Å². The van der Waals surface area contributed by atoms with Crippen molar-refractivity contribution in [1.29, 1.82) is 0 Å². The number of benzene rings is 4. The molecule has 8 nitrogen and oxygen atoms in total. The number of hydrazone groups is 1. The summed E-state index contributed by atoms with van der Waals surface area (Å²) in [6.07, 6.45) is 1.40. The van der Waals surface area contributed by atoms with Crippen LogP contribution in [0.15, 0.2) is 90.0 Å². The van der Waals surface area contributed by atoms with Gasteiger partial charge in [0, 0.05) is 15.6 Å². The van der Waals surface area contributed by atoms with Gasteiger partial charge in [0.05, 0.1) is 34.7 Å². The molecule has 0 aliphatic rings. The molecule has 2 N–H and O–H groups in total. The van der Waals surface area contributed by atoms with Crippen LogP contribution in [0.25, 0.3) is 0 Å². The van der Waals surface area contributed by atoms with Crippen LogP contribution in [0.2, 0.25) is 15.1 Å². The van der Waals surface area contributed by atoms with Crippen LogP contribution in [-0.2, 0) is 0 Å². The minimum atomic E-state index is -0.678. The molecule has 41 heavy (non-hydrogen) atoms. The number of carbonyl (C=O) groups excluding carboxylic acids is 3. The second kappa shape index (κ2) is 13.8. The van der Waals surface area contributed by atoms with Gasteiger partial charge in [-0.15, -0.1) is 0 Å². The fourth-order valence-corrected chi connectivity index (χ4v) is 4.19. The fourth-order valence-electron chi connectivity index (χ4n) is 3.58. The lowest BCUT2D eigenvalue weighted by Crippen LogP contribution is -2.21. The molecule has 0 saturated heterocycles. The number of hydrogen-bond acceptors (Lipinski definition) is 6. The molecule has 2 amide bonds. The first-order valence-electron chi connectivity index (χ1n) is 12.2. The third kappa shape index (κ3) is 7.85. The number of carbonyl (C=O) groups is 3. The second-order valence-corrected chi connectivity index (χ2v) is 9.64. The number of anilines is 1. The van der Waals surface area contributed by atoms with Crippen molar-refractivity contribution >= 4 is 64.5 Å². The van der Waals surface area contributed by atoms with Crippen LogP contribution >= 0.6 is 34.8 Å². The summed E-state index contributed by atoms with van der Waals surface area (Å²) in [5.41, 5.74) is 4.07. The SMILES string of the molecule is CCOc1cc(/C=N\NC(=O)c2ccccc2NC(=O)c2ccc(Cl)cc2)ccc1OC(=O)c1ccc(Cl)cc1Cl. The highest BCUT2D eigenvalue weighted by atomic mass is 35.5. The van der Waals surface area contributed by atoms with E-state index in [1.807, 2.05) is 0 Å². The number of amides is 2. The van der Waals surface area contributed by atoms with E-state index in [-0.39, 0.29) is 27.6 Å². The Morgan fingerprint density at radius 2 is 1.54 bits per heavy atom. The van der Waals surface area contributed by atoms with Gasteiger partial charge in [0.15, 0.2) is 11.5 Å². The Labute approximate surface area is 250 Å². The Balaban J connectivity index is 1.44. The van der Waals surface area contributed by atoms with Crippen LogP contribution < -0.4 is 20.2 Å². The molecule has 0 fully saturated rings. The first-order chi connectivity index (χ1) is 19.7. The van der Waals surface area contributed by atoms with Gasteiger partial charge in [-0.05, 0) is 85.3 Å². The minimum Gasteiger partial charge on any atom is -0.490 e. The van der Waals surface area contributed by atoms with Crippen LogP contribution in [0.1, 0.15) is 43.6 Å². The molecule has 0 unspecified atom stereocenters. The van der Waals surface area contributed by atoms with E-state index in [2.05, 4.69) is 15.8 Å². The van der Waals surface area contributed by atoms with Crippen molar-refractivity contribution in [2.24, 2.45) is 5.10 Å². The number of hydrogen-bond donors (Lipinski definition) is 2. The zero-order valence-electron chi connectivity index (χ0n) is 21.5. The Morgan fingerprint density at radius 1 is 0.805 bits per heavy atom. The summed E-state index contributed by atoms with van der Waals surface area (Å²) in [5, 5.41) is 7.81. The molecule has 11 heteroatoms. The van der Waals surface area contributed by atoms with Gasteiger partial charge < -0.3 is 14.8 Å². The third-order valence-electron chi connectivity index (χ3n) is 5.53. The highest BCUT2D eigenvalue weighted by Crippen LogP contribution is 2.30. The van der Waals surface area contributed by atoms with Crippen LogP contribution in [0.3, 0.4) is 0 Å². The van der Waals surface area contributed by atoms with Gasteiger partial charge in [-0.25, -0.2) is 10.2 Å².